The number of anilines is 1. The molecule has 0 unspecified atom stereocenters. The van der Waals surface area contributed by atoms with E-state index in [1.165, 1.54) is 0 Å². The lowest BCUT2D eigenvalue weighted by Gasteiger charge is -2.08. The van der Waals surface area contributed by atoms with Gasteiger partial charge in [-0.15, -0.1) is 0 Å². The maximum Gasteiger partial charge on any atom is 0.213 e. The van der Waals surface area contributed by atoms with E-state index in [0.29, 0.717) is 23.9 Å². The second-order valence-corrected chi connectivity index (χ2v) is 5.12. The predicted octanol–water partition coefficient (Wildman–Crippen LogP) is 3.92. The number of nitrogen functional groups attached to an aromatic ring is 1. The van der Waals surface area contributed by atoms with Gasteiger partial charge in [-0.25, -0.2) is 4.98 Å². The molecule has 0 spiro atoms. The van der Waals surface area contributed by atoms with Gasteiger partial charge in [0, 0.05) is 17.8 Å². The molecule has 3 rings (SSSR count). The Hall–Kier alpha value is -3.01. The summed E-state index contributed by atoms with van der Waals surface area (Å²) in [5, 5.41) is 0. The number of nitrogens with zero attached hydrogens (tertiary/aromatic N) is 1. The minimum Gasteiger partial charge on any atom is -0.495 e. The van der Waals surface area contributed by atoms with Crippen LogP contribution in [0, 0.1) is 0 Å². The molecule has 0 amide bonds. The number of aromatic nitrogens is 1. The Morgan fingerprint density at radius 2 is 1.74 bits per heavy atom. The first kappa shape index (κ1) is 14.9. The summed E-state index contributed by atoms with van der Waals surface area (Å²) in [6, 6.07) is 19.5. The van der Waals surface area contributed by atoms with Crippen LogP contribution < -0.4 is 15.2 Å². The number of hydrogen-bond acceptors (Lipinski definition) is 4. The molecule has 0 aliphatic rings. The fourth-order valence-electron chi connectivity index (χ4n) is 2.28. The van der Waals surface area contributed by atoms with Crippen molar-refractivity contribution in [1.82, 2.24) is 4.98 Å². The molecule has 0 fully saturated rings. The van der Waals surface area contributed by atoms with Crippen molar-refractivity contribution in [1.29, 1.82) is 0 Å². The summed E-state index contributed by atoms with van der Waals surface area (Å²) in [6.07, 6.45) is 1.78. The van der Waals surface area contributed by atoms with Crippen molar-refractivity contribution >= 4 is 5.69 Å². The maximum absolute atomic E-state index is 5.94. The van der Waals surface area contributed by atoms with Crippen LogP contribution in [0.15, 0.2) is 66.9 Å². The van der Waals surface area contributed by atoms with E-state index in [9.17, 15) is 0 Å². The molecule has 4 heteroatoms. The van der Waals surface area contributed by atoms with E-state index in [-0.39, 0.29) is 0 Å². The van der Waals surface area contributed by atoms with Gasteiger partial charge in [-0.1, -0.05) is 36.4 Å². The average molecular weight is 306 g/mol. The minimum absolute atomic E-state index is 0.503. The molecule has 0 radical (unpaired) electrons. The molecule has 0 bridgehead atoms. The number of pyridine rings is 1. The van der Waals surface area contributed by atoms with Gasteiger partial charge in [-0.2, -0.15) is 0 Å². The van der Waals surface area contributed by atoms with Crippen LogP contribution in [-0.4, -0.2) is 12.1 Å². The van der Waals surface area contributed by atoms with Crippen LogP contribution in [-0.2, 0) is 6.61 Å². The van der Waals surface area contributed by atoms with Gasteiger partial charge in [-0.3, -0.25) is 0 Å². The maximum atomic E-state index is 5.94. The molecule has 0 aliphatic carbocycles. The Labute approximate surface area is 135 Å². The monoisotopic (exact) mass is 306 g/mol. The van der Waals surface area contributed by atoms with Crippen molar-refractivity contribution in [2.75, 3.05) is 12.8 Å². The predicted molar refractivity (Wildman–Crippen MR) is 91.4 cm³/mol. The zero-order valence-corrected chi connectivity index (χ0v) is 12.9. The molecule has 0 atom stereocenters. The third-order valence-corrected chi connectivity index (χ3v) is 3.53. The molecule has 2 aromatic carbocycles. The summed E-state index contributed by atoms with van der Waals surface area (Å²) in [6.45, 7) is 0.503. The van der Waals surface area contributed by atoms with Gasteiger partial charge in [0.15, 0.2) is 0 Å². The van der Waals surface area contributed by atoms with Gasteiger partial charge in [0.05, 0.1) is 12.8 Å². The van der Waals surface area contributed by atoms with Gasteiger partial charge < -0.3 is 15.2 Å². The number of benzene rings is 2. The highest BCUT2D eigenvalue weighted by Crippen LogP contribution is 2.28. The van der Waals surface area contributed by atoms with Crippen LogP contribution >= 0.6 is 0 Å². The van der Waals surface area contributed by atoms with Gasteiger partial charge in [-0.05, 0) is 29.3 Å². The van der Waals surface area contributed by atoms with E-state index in [4.69, 9.17) is 15.2 Å². The first-order valence-electron chi connectivity index (χ1n) is 7.33. The summed E-state index contributed by atoms with van der Waals surface area (Å²) in [5.74, 6) is 1.27. The molecule has 116 valence electrons. The molecule has 2 N–H and O–H groups in total. The standard InChI is InChI=1S/C19H18N2O2/c1-22-18-9-7-15(11-17(18)20)16-8-10-19(21-12-16)23-13-14-5-3-2-4-6-14/h2-12H,13,20H2,1H3. The second-order valence-electron chi connectivity index (χ2n) is 5.12. The van der Waals surface area contributed by atoms with Crippen molar-refractivity contribution in [3.8, 4) is 22.8 Å². The van der Waals surface area contributed by atoms with Crippen molar-refractivity contribution < 1.29 is 9.47 Å². The van der Waals surface area contributed by atoms with E-state index >= 15 is 0 Å². The largest absolute Gasteiger partial charge is 0.495 e. The van der Waals surface area contributed by atoms with E-state index in [1.54, 1.807) is 13.3 Å². The molecule has 1 heterocycles. The lowest BCUT2D eigenvalue weighted by Crippen LogP contribution is -1.97. The van der Waals surface area contributed by atoms with Crippen LogP contribution in [0.5, 0.6) is 11.6 Å². The number of hydrogen-bond donors (Lipinski definition) is 1. The van der Waals surface area contributed by atoms with Gasteiger partial charge in [0.25, 0.3) is 0 Å². The van der Waals surface area contributed by atoms with Crippen LogP contribution in [0.4, 0.5) is 5.69 Å². The topological polar surface area (TPSA) is 57.4 Å². The SMILES string of the molecule is COc1ccc(-c2ccc(OCc3ccccc3)nc2)cc1N. The molecule has 0 saturated carbocycles. The van der Waals surface area contributed by atoms with E-state index in [1.807, 2.05) is 60.7 Å². The zero-order valence-electron chi connectivity index (χ0n) is 12.9. The van der Waals surface area contributed by atoms with Gasteiger partial charge in [0.2, 0.25) is 5.88 Å². The lowest BCUT2D eigenvalue weighted by atomic mass is 10.1. The fraction of sp³-hybridized carbons (Fsp3) is 0.105. The van der Waals surface area contributed by atoms with E-state index in [0.717, 1.165) is 16.7 Å². The van der Waals surface area contributed by atoms with Gasteiger partial charge in [0.1, 0.15) is 12.4 Å². The summed E-state index contributed by atoms with van der Waals surface area (Å²) < 4.78 is 10.9. The first-order valence-corrected chi connectivity index (χ1v) is 7.33. The minimum atomic E-state index is 0.503. The van der Waals surface area contributed by atoms with Crippen LogP contribution in [0.3, 0.4) is 0 Å². The Morgan fingerprint density at radius 1 is 0.957 bits per heavy atom. The number of ether oxygens (including phenoxy) is 2. The van der Waals surface area contributed by atoms with Gasteiger partial charge >= 0.3 is 0 Å². The molecule has 3 aromatic rings. The smallest absolute Gasteiger partial charge is 0.213 e. The third-order valence-electron chi connectivity index (χ3n) is 3.53. The first-order chi connectivity index (χ1) is 11.3. The summed E-state index contributed by atoms with van der Waals surface area (Å²) in [7, 11) is 1.60. The zero-order chi connectivity index (χ0) is 16.1. The number of methoxy groups -OCH3 is 1. The van der Waals surface area contributed by atoms with Crippen LogP contribution in [0.1, 0.15) is 5.56 Å². The molecule has 1 aromatic heterocycles. The van der Waals surface area contributed by atoms with Crippen molar-refractivity contribution in [3.63, 3.8) is 0 Å². The molecule has 4 nitrogen and oxygen atoms in total. The molecular weight excluding hydrogens is 288 g/mol. The summed E-state index contributed by atoms with van der Waals surface area (Å²) >= 11 is 0. The highest BCUT2D eigenvalue weighted by Gasteiger charge is 2.04. The van der Waals surface area contributed by atoms with Crippen LogP contribution in [0.25, 0.3) is 11.1 Å². The van der Waals surface area contributed by atoms with Crippen molar-refractivity contribution in [2.24, 2.45) is 0 Å². The summed E-state index contributed by atoms with van der Waals surface area (Å²) in [5.41, 5.74) is 9.63. The average Bonchev–Trinajstić information content (AvgIpc) is 2.61. The highest BCUT2D eigenvalue weighted by atomic mass is 16.5. The normalized spacial score (nSPS) is 10.3. The number of rotatable bonds is 5. The van der Waals surface area contributed by atoms with E-state index in [2.05, 4.69) is 4.98 Å². The Balaban J connectivity index is 1.70. The highest BCUT2D eigenvalue weighted by molar-refractivity contribution is 5.70. The van der Waals surface area contributed by atoms with Crippen molar-refractivity contribution in [3.05, 3.63) is 72.4 Å². The molecule has 0 saturated heterocycles. The van der Waals surface area contributed by atoms with Crippen molar-refractivity contribution in [2.45, 2.75) is 6.61 Å². The Kier molecular flexibility index (Phi) is 4.43. The Bertz CT molecular complexity index is 771. The third kappa shape index (κ3) is 3.61. The Morgan fingerprint density at radius 3 is 2.39 bits per heavy atom. The summed E-state index contributed by atoms with van der Waals surface area (Å²) in [4.78, 5) is 4.35. The molecular formula is C19H18N2O2. The quantitative estimate of drug-likeness (QED) is 0.726. The lowest BCUT2D eigenvalue weighted by molar-refractivity contribution is 0.294. The molecule has 0 aliphatic heterocycles. The second kappa shape index (κ2) is 6.83. The number of nitrogens with two attached hydrogens (primary N) is 1. The molecule has 23 heavy (non-hydrogen) atoms. The fourth-order valence-corrected chi connectivity index (χ4v) is 2.28. The van der Waals surface area contributed by atoms with E-state index < -0.39 is 0 Å². The van der Waals surface area contributed by atoms with Crippen LogP contribution in [0.2, 0.25) is 0 Å².